The predicted octanol–water partition coefficient (Wildman–Crippen LogP) is 2.09. The van der Waals surface area contributed by atoms with Crippen molar-refractivity contribution in [2.75, 3.05) is 13.2 Å². The molecule has 0 heterocycles. The van der Waals surface area contributed by atoms with Crippen LogP contribution in [0.1, 0.15) is 27.7 Å². The van der Waals surface area contributed by atoms with Gasteiger partial charge in [0, 0.05) is 13.2 Å². The minimum Gasteiger partial charge on any atom is -0.413 e. The normalized spacial score (nSPS) is 11.5. The Kier molecular flexibility index (Phi) is 9.11. The molecule has 0 saturated carbocycles. The topological polar surface area (TPSA) is 27.7 Å². The highest BCUT2D eigenvalue weighted by atomic mass is 28.4. The van der Waals surface area contributed by atoms with E-state index in [0.717, 1.165) is 25.3 Å². The van der Waals surface area contributed by atoms with Crippen LogP contribution in [0.2, 0.25) is 12.1 Å². The van der Waals surface area contributed by atoms with Crippen molar-refractivity contribution >= 4 is 18.6 Å². The molecule has 0 aliphatic heterocycles. The zero-order chi connectivity index (χ0) is 10.1. The maximum Gasteiger partial charge on any atom is 0.374 e. The van der Waals surface area contributed by atoms with Crippen LogP contribution >= 0.6 is 0 Å². The maximum atomic E-state index is 5.79. The van der Waals surface area contributed by atoms with Gasteiger partial charge in [0.15, 0.2) is 0 Å². The lowest BCUT2D eigenvalue weighted by Crippen LogP contribution is -2.33. The van der Waals surface area contributed by atoms with E-state index in [1.54, 1.807) is 0 Å². The van der Waals surface area contributed by atoms with Crippen molar-refractivity contribution in [1.82, 2.24) is 0 Å². The van der Waals surface area contributed by atoms with Crippen LogP contribution in [-0.2, 0) is 13.0 Å². The van der Waals surface area contributed by atoms with Gasteiger partial charge in [-0.05, 0) is 25.9 Å². The van der Waals surface area contributed by atoms with Gasteiger partial charge in [0.25, 0.3) is 0 Å². The van der Waals surface area contributed by atoms with Gasteiger partial charge in [0.1, 0.15) is 0 Å². The highest BCUT2D eigenvalue weighted by Gasteiger charge is 2.21. The fourth-order valence-electron chi connectivity index (χ4n) is 0.856. The number of hydrogen-bond acceptors (Lipinski definition) is 3. The molecule has 13 heavy (non-hydrogen) atoms. The fourth-order valence-corrected chi connectivity index (χ4v) is 4.55. The molecule has 0 aromatic heterocycles. The molecule has 5 heteroatoms. The lowest BCUT2D eigenvalue weighted by Gasteiger charge is -2.18. The summed E-state index contributed by atoms with van der Waals surface area (Å²) in [7, 11) is -2.09. The largest absolute Gasteiger partial charge is 0.413 e. The smallest absolute Gasteiger partial charge is 0.374 e. The Hall–Kier alpha value is 0.314. The van der Waals surface area contributed by atoms with Crippen LogP contribution in [0.4, 0.5) is 0 Å². The summed E-state index contributed by atoms with van der Waals surface area (Å²) in [5.74, 6) is 0. The molecule has 0 rings (SSSR count). The first-order valence-corrected chi connectivity index (χ1v) is 7.98. The lowest BCUT2D eigenvalue weighted by molar-refractivity contribution is 0.233. The molecule has 0 aromatic rings. The van der Waals surface area contributed by atoms with Crippen molar-refractivity contribution in [3.63, 3.8) is 0 Å². The SMILES string of the molecule is CCO[Si](CC)O[Si](CC)OCC. The molecule has 0 aliphatic rings. The van der Waals surface area contributed by atoms with Gasteiger partial charge >= 0.3 is 18.6 Å². The van der Waals surface area contributed by atoms with Crippen molar-refractivity contribution in [3.05, 3.63) is 0 Å². The Balaban J connectivity index is 3.73. The van der Waals surface area contributed by atoms with Crippen molar-refractivity contribution in [2.24, 2.45) is 0 Å². The molecule has 0 spiro atoms. The first kappa shape index (κ1) is 13.3. The molecular formula is C8H20O3Si2. The van der Waals surface area contributed by atoms with E-state index in [-0.39, 0.29) is 0 Å². The monoisotopic (exact) mass is 220 g/mol. The van der Waals surface area contributed by atoms with Crippen LogP contribution < -0.4 is 0 Å². The van der Waals surface area contributed by atoms with E-state index in [4.69, 9.17) is 13.0 Å². The quantitative estimate of drug-likeness (QED) is 0.586. The summed E-state index contributed by atoms with van der Waals surface area (Å²) in [5.41, 5.74) is 0. The van der Waals surface area contributed by atoms with Crippen LogP contribution in [0.3, 0.4) is 0 Å². The minimum atomic E-state index is -1.05. The zero-order valence-corrected chi connectivity index (χ0v) is 11.1. The van der Waals surface area contributed by atoms with Crippen molar-refractivity contribution in [2.45, 2.75) is 39.8 Å². The molecule has 78 valence electrons. The van der Waals surface area contributed by atoms with E-state index in [9.17, 15) is 0 Å². The van der Waals surface area contributed by atoms with Gasteiger partial charge in [-0.15, -0.1) is 0 Å². The van der Waals surface area contributed by atoms with E-state index in [2.05, 4.69) is 13.8 Å². The summed E-state index contributed by atoms with van der Waals surface area (Å²) in [6, 6.07) is 1.97. The molecule has 0 atom stereocenters. The molecule has 0 N–H and O–H groups in total. The van der Waals surface area contributed by atoms with Crippen LogP contribution in [0.25, 0.3) is 0 Å². The number of hydrogen-bond donors (Lipinski definition) is 0. The van der Waals surface area contributed by atoms with Gasteiger partial charge in [-0.2, -0.15) is 0 Å². The van der Waals surface area contributed by atoms with Crippen molar-refractivity contribution < 1.29 is 13.0 Å². The Morgan fingerprint density at radius 2 is 1.15 bits per heavy atom. The van der Waals surface area contributed by atoms with Gasteiger partial charge < -0.3 is 13.0 Å². The third-order valence-electron chi connectivity index (χ3n) is 1.42. The molecule has 0 aromatic carbocycles. The summed E-state index contributed by atoms with van der Waals surface area (Å²) in [6.07, 6.45) is 0. The second-order valence-corrected chi connectivity index (χ2v) is 6.72. The molecular weight excluding hydrogens is 200 g/mol. The van der Waals surface area contributed by atoms with Gasteiger partial charge in [0.05, 0.1) is 0 Å². The first-order chi connectivity index (χ1) is 6.28. The fraction of sp³-hybridized carbons (Fsp3) is 1.00. The Morgan fingerprint density at radius 3 is 1.38 bits per heavy atom. The second kappa shape index (κ2) is 8.89. The zero-order valence-electron chi connectivity index (χ0n) is 9.05. The van der Waals surface area contributed by atoms with Gasteiger partial charge in [0.2, 0.25) is 0 Å². The lowest BCUT2D eigenvalue weighted by atomic mass is 10.9. The van der Waals surface area contributed by atoms with Gasteiger partial charge in [-0.25, -0.2) is 0 Å². The summed E-state index contributed by atoms with van der Waals surface area (Å²) in [6.45, 7) is 9.70. The molecule has 0 unspecified atom stereocenters. The molecule has 0 amide bonds. The Labute approximate surface area is 85.1 Å². The van der Waals surface area contributed by atoms with E-state index >= 15 is 0 Å². The molecule has 3 nitrogen and oxygen atoms in total. The van der Waals surface area contributed by atoms with Crippen molar-refractivity contribution in [1.29, 1.82) is 0 Å². The molecule has 0 aliphatic carbocycles. The molecule has 0 fully saturated rings. The van der Waals surface area contributed by atoms with E-state index in [1.807, 2.05) is 13.8 Å². The number of rotatable bonds is 8. The van der Waals surface area contributed by atoms with Crippen LogP contribution in [-0.4, -0.2) is 31.8 Å². The van der Waals surface area contributed by atoms with Gasteiger partial charge in [-0.1, -0.05) is 13.8 Å². The van der Waals surface area contributed by atoms with Crippen LogP contribution in [0.5, 0.6) is 0 Å². The summed E-state index contributed by atoms with van der Waals surface area (Å²) >= 11 is 0. The molecule has 0 saturated heterocycles. The average Bonchev–Trinajstić information content (AvgIpc) is 2.16. The third kappa shape index (κ3) is 6.39. The molecule has 2 radical (unpaired) electrons. The highest BCUT2D eigenvalue weighted by Crippen LogP contribution is 2.03. The van der Waals surface area contributed by atoms with Gasteiger partial charge in [-0.3, -0.25) is 0 Å². The molecule has 0 bridgehead atoms. The van der Waals surface area contributed by atoms with E-state index in [0.29, 0.717) is 0 Å². The highest BCUT2D eigenvalue weighted by molar-refractivity contribution is 6.59. The van der Waals surface area contributed by atoms with Crippen LogP contribution in [0, 0.1) is 0 Å². The second-order valence-electron chi connectivity index (χ2n) is 2.42. The van der Waals surface area contributed by atoms with Crippen molar-refractivity contribution in [3.8, 4) is 0 Å². The Morgan fingerprint density at radius 1 is 0.769 bits per heavy atom. The van der Waals surface area contributed by atoms with E-state index < -0.39 is 18.6 Å². The van der Waals surface area contributed by atoms with E-state index in [1.165, 1.54) is 0 Å². The predicted molar refractivity (Wildman–Crippen MR) is 56.8 cm³/mol. The standard InChI is InChI=1S/C8H20O3Si2/c1-5-9-12(7-3)11-13(8-4)10-6-2/h5-8H2,1-4H3. The maximum absolute atomic E-state index is 5.79. The summed E-state index contributed by atoms with van der Waals surface area (Å²) < 4.78 is 16.8. The first-order valence-electron chi connectivity index (χ1n) is 4.93. The third-order valence-corrected chi connectivity index (χ3v) is 5.61. The summed E-state index contributed by atoms with van der Waals surface area (Å²) in [4.78, 5) is 0. The minimum absolute atomic E-state index is 0.743. The Bertz CT molecular complexity index is 102. The average molecular weight is 220 g/mol. The summed E-state index contributed by atoms with van der Waals surface area (Å²) in [5, 5.41) is 0. The van der Waals surface area contributed by atoms with Crippen LogP contribution in [0.15, 0.2) is 0 Å².